The maximum atomic E-state index is 12.6. The molecule has 8 N–H and O–H groups in total. The topological polar surface area (TPSA) is 314 Å². The van der Waals surface area contributed by atoms with Gasteiger partial charge in [-0.05, 0) is 32.9 Å². The van der Waals surface area contributed by atoms with Crippen LogP contribution in [0.3, 0.4) is 0 Å². The van der Waals surface area contributed by atoms with Crippen LogP contribution < -0.4 is 31.7 Å². The summed E-state index contributed by atoms with van der Waals surface area (Å²) in [7, 11) is -9.93. The lowest BCUT2D eigenvalue weighted by Crippen LogP contribution is -2.61. The number of phosphoric ester groups is 2. The molecule has 1 amide bonds. The molecule has 0 bridgehead atoms. The van der Waals surface area contributed by atoms with Crippen molar-refractivity contribution in [1.82, 2.24) is 20.2 Å². The third kappa shape index (κ3) is 9.57. The zero-order chi connectivity index (χ0) is 32.8. The van der Waals surface area contributed by atoms with E-state index in [-0.39, 0.29) is 6.42 Å². The average Bonchev–Trinajstić information content (AvgIpc) is 3.22. The van der Waals surface area contributed by atoms with E-state index in [2.05, 4.69) is 19.5 Å². The maximum absolute atomic E-state index is 12.6. The normalized spacial score (nSPS) is 33.4. The third-order valence-electron chi connectivity index (χ3n) is 7.10. The number of carbonyl (C=O) groups is 1. The first-order chi connectivity index (χ1) is 20.6. The Kier molecular flexibility index (Phi) is 13.0. The fraction of sp³-hybridized carbons (Fsp3) is 0.773. The van der Waals surface area contributed by atoms with Gasteiger partial charge in [-0.2, -0.15) is 0 Å². The van der Waals surface area contributed by atoms with Crippen molar-refractivity contribution < 1.29 is 67.3 Å². The van der Waals surface area contributed by atoms with E-state index < -0.39 is 107 Å². The molecular weight excluding hydrogens is 638 g/mol. The molecule has 1 aromatic heterocycles. The molecule has 1 aromatic rings. The summed E-state index contributed by atoms with van der Waals surface area (Å²) in [4.78, 5) is 62.6. The molecule has 22 heteroatoms. The van der Waals surface area contributed by atoms with Crippen molar-refractivity contribution in [3.63, 3.8) is 0 Å². The van der Waals surface area contributed by atoms with Crippen molar-refractivity contribution in [3.05, 3.63) is 33.1 Å². The summed E-state index contributed by atoms with van der Waals surface area (Å²) in [5.74, 6) is -1.72. The number of unbranched alkanes of at least 4 members (excludes halogenated alkanes) is 1. The second kappa shape index (κ2) is 15.6. The molecule has 1 saturated heterocycles. The number of hydrogen-bond acceptors (Lipinski definition) is 17. The Balaban J connectivity index is 1.64. The van der Waals surface area contributed by atoms with Crippen LogP contribution in [0.1, 0.15) is 31.9 Å². The second-order valence-electron chi connectivity index (χ2n) is 10.3. The minimum absolute atomic E-state index is 0.0201. The van der Waals surface area contributed by atoms with E-state index in [1.165, 1.54) is 0 Å². The van der Waals surface area contributed by atoms with Crippen LogP contribution >= 0.6 is 15.6 Å². The van der Waals surface area contributed by atoms with E-state index in [9.17, 15) is 58.8 Å². The number of aliphatic hydroxyl groups is 5. The largest absolute Gasteiger partial charge is 0.756 e. The van der Waals surface area contributed by atoms with Crippen LogP contribution in [0.5, 0.6) is 0 Å². The van der Waals surface area contributed by atoms with Gasteiger partial charge in [-0.15, -0.1) is 0 Å². The van der Waals surface area contributed by atoms with E-state index >= 15 is 0 Å². The minimum atomic E-state index is -5.85. The van der Waals surface area contributed by atoms with Gasteiger partial charge in [-0.3, -0.25) is 28.3 Å². The highest BCUT2D eigenvalue weighted by Gasteiger charge is 2.47. The summed E-state index contributed by atoms with van der Waals surface area (Å²) in [5, 5.41) is 56.2. The molecule has 1 aliphatic carbocycles. The highest BCUT2D eigenvalue weighted by atomic mass is 31.3. The number of ether oxygens (including phenoxy) is 1. The molecule has 2 fully saturated rings. The van der Waals surface area contributed by atoms with Crippen molar-refractivity contribution in [3.8, 4) is 0 Å². The molecule has 0 spiro atoms. The predicted molar refractivity (Wildman–Crippen MR) is 141 cm³/mol. The molecule has 252 valence electrons. The predicted octanol–water partition coefficient (Wildman–Crippen LogP) is -4.88. The van der Waals surface area contributed by atoms with Crippen LogP contribution in [0.2, 0.25) is 0 Å². The van der Waals surface area contributed by atoms with Gasteiger partial charge in [0.05, 0.1) is 24.9 Å². The molecule has 1 saturated carbocycles. The van der Waals surface area contributed by atoms with Crippen LogP contribution in [-0.2, 0) is 32.0 Å². The highest BCUT2D eigenvalue weighted by Crippen LogP contribution is 2.57. The minimum Gasteiger partial charge on any atom is -0.756 e. The number of rotatable bonds is 15. The van der Waals surface area contributed by atoms with Crippen molar-refractivity contribution in [2.45, 2.75) is 74.6 Å². The highest BCUT2D eigenvalue weighted by molar-refractivity contribution is 7.59. The summed E-state index contributed by atoms with van der Waals surface area (Å²) in [6.07, 6.45) is -10.3. The average molecular weight is 674 g/mol. The van der Waals surface area contributed by atoms with Gasteiger partial charge in [0.15, 0.2) is 6.23 Å². The molecule has 8 unspecified atom stereocenters. The first-order valence-electron chi connectivity index (χ1n) is 13.5. The maximum Gasteiger partial charge on any atom is 0.330 e. The quantitative estimate of drug-likeness (QED) is 0.0638. The number of aromatic amines is 1. The van der Waals surface area contributed by atoms with Gasteiger partial charge in [-0.1, -0.05) is 0 Å². The fourth-order valence-electron chi connectivity index (χ4n) is 4.83. The van der Waals surface area contributed by atoms with Crippen LogP contribution in [0.25, 0.3) is 0 Å². The number of amides is 1. The SMILES string of the molecule is CNCCCCC(=O)NC1[C@@H](O)[C@@H](O)C(CO)C[C@H]1OP(=O)([O-])OP(=O)([O-])OCC1OC(n2ccc(=O)[nH]c2=O)C(O)C1O. The molecule has 1 aliphatic heterocycles. The van der Waals surface area contributed by atoms with Crippen LogP contribution in [-0.4, -0.2) is 110 Å². The summed E-state index contributed by atoms with van der Waals surface area (Å²) >= 11 is 0. The summed E-state index contributed by atoms with van der Waals surface area (Å²) in [5.41, 5.74) is -1.77. The van der Waals surface area contributed by atoms with E-state index in [4.69, 9.17) is 9.26 Å². The zero-order valence-electron chi connectivity index (χ0n) is 23.4. The zero-order valence-corrected chi connectivity index (χ0v) is 25.2. The molecular formula is C22H36N4O16P2-2. The first kappa shape index (κ1) is 36.6. The Morgan fingerprint density at radius 1 is 1.11 bits per heavy atom. The number of aromatic nitrogens is 2. The molecule has 0 aromatic carbocycles. The van der Waals surface area contributed by atoms with E-state index in [0.717, 1.165) is 16.8 Å². The summed E-state index contributed by atoms with van der Waals surface area (Å²) < 4.78 is 44.5. The van der Waals surface area contributed by atoms with Gasteiger partial charge in [0, 0.05) is 31.2 Å². The number of nitrogens with one attached hydrogen (secondary N) is 3. The van der Waals surface area contributed by atoms with Gasteiger partial charge < -0.3 is 59.7 Å². The lowest BCUT2D eigenvalue weighted by atomic mass is 9.79. The van der Waals surface area contributed by atoms with Crippen LogP contribution in [0, 0.1) is 5.92 Å². The molecule has 0 radical (unpaired) electrons. The number of hydrogen-bond donors (Lipinski definition) is 8. The van der Waals surface area contributed by atoms with Gasteiger partial charge >= 0.3 is 5.69 Å². The standard InChI is InChI=1S/C22H38N4O16P2/c1-23-6-3-2-4-14(28)24-16-12(8-11(9-27)17(30)19(16)32)41-44(37,38)42-43(35,36)39-10-13-18(31)20(33)21(40-13)26-7-5-15(29)25-22(26)34/h5,7,11-13,16-21,23,27,30-33H,2-4,6,8-10H2,1H3,(H,24,28)(H,35,36)(H,37,38)(H,25,29,34)/p-2/t11?,12-,13?,16?,17+,18?,19-,20?,21?/m1/s1. The van der Waals surface area contributed by atoms with Crippen molar-refractivity contribution >= 4 is 21.6 Å². The molecule has 20 nitrogen and oxygen atoms in total. The first-order valence-corrected chi connectivity index (χ1v) is 16.4. The molecule has 3 rings (SSSR count). The number of carbonyl (C=O) groups excluding carboxylic acids is 1. The summed E-state index contributed by atoms with van der Waals surface area (Å²) in [6.45, 7) is -1.18. The fourth-order valence-corrected chi connectivity index (χ4v) is 7.03. The van der Waals surface area contributed by atoms with Gasteiger partial charge in [0.2, 0.25) is 5.91 Å². The molecule has 44 heavy (non-hydrogen) atoms. The lowest BCUT2D eigenvalue weighted by Gasteiger charge is -2.44. The van der Waals surface area contributed by atoms with E-state index in [1.54, 1.807) is 7.05 Å². The van der Waals surface area contributed by atoms with Crippen molar-refractivity contribution in [2.24, 2.45) is 5.92 Å². The van der Waals surface area contributed by atoms with Gasteiger partial charge in [0.1, 0.15) is 24.4 Å². The molecule has 2 heterocycles. The Morgan fingerprint density at radius 3 is 2.45 bits per heavy atom. The lowest BCUT2D eigenvalue weighted by molar-refractivity contribution is -0.250. The molecule has 11 atom stereocenters. The van der Waals surface area contributed by atoms with E-state index in [0.29, 0.717) is 19.4 Å². The Labute approximate surface area is 249 Å². The van der Waals surface area contributed by atoms with Gasteiger partial charge in [-0.25, -0.2) is 9.11 Å². The Morgan fingerprint density at radius 2 is 1.82 bits per heavy atom. The number of phosphoric acid groups is 2. The Bertz CT molecular complexity index is 1330. The van der Waals surface area contributed by atoms with Crippen LogP contribution in [0.4, 0.5) is 0 Å². The number of nitrogens with zero attached hydrogens (tertiary/aromatic N) is 1. The molecule has 2 aliphatic rings. The second-order valence-corrected chi connectivity index (χ2v) is 13.2. The number of H-pyrrole nitrogens is 1. The van der Waals surface area contributed by atoms with E-state index in [1.807, 2.05) is 4.98 Å². The Hall–Kier alpha value is -1.87. The van der Waals surface area contributed by atoms with Gasteiger partial charge in [0.25, 0.3) is 21.2 Å². The van der Waals surface area contributed by atoms with Crippen molar-refractivity contribution in [1.29, 1.82) is 0 Å². The smallest absolute Gasteiger partial charge is 0.330 e. The summed E-state index contributed by atoms with van der Waals surface area (Å²) in [6, 6.07) is -0.617. The monoisotopic (exact) mass is 674 g/mol. The number of aliphatic hydroxyl groups excluding tert-OH is 5. The van der Waals surface area contributed by atoms with Crippen LogP contribution in [0.15, 0.2) is 21.9 Å². The van der Waals surface area contributed by atoms with Crippen molar-refractivity contribution in [2.75, 3.05) is 26.8 Å². The third-order valence-corrected chi connectivity index (χ3v) is 9.70.